The van der Waals surface area contributed by atoms with Crippen molar-refractivity contribution in [2.45, 2.75) is 39.4 Å². The minimum Gasteiger partial charge on any atom is -0.348 e. The quantitative estimate of drug-likeness (QED) is 0.400. The molecule has 4 aromatic rings. The Hall–Kier alpha value is -4.19. The van der Waals surface area contributed by atoms with Gasteiger partial charge in [-0.3, -0.25) is 14.3 Å². The van der Waals surface area contributed by atoms with Crippen molar-refractivity contribution in [2.75, 3.05) is 0 Å². The average molecular weight is 467 g/mol. The number of hydrogen-bond donors (Lipinski definition) is 2. The molecule has 0 aliphatic heterocycles. The van der Waals surface area contributed by atoms with Crippen LogP contribution in [0.15, 0.2) is 91.3 Å². The summed E-state index contributed by atoms with van der Waals surface area (Å²) in [6.07, 6.45) is 3.72. The van der Waals surface area contributed by atoms with E-state index in [0.29, 0.717) is 17.7 Å². The molecular formula is C29H30N4O2. The SMILES string of the molecule is CC(C)(C)NC(=O)c1ccc(C(=O)NCc2ccccc2-c2ccc(Cn3cccn3)cc2)cc1. The van der Waals surface area contributed by atoms with Gasteiger partial charge in [0, 0.05) is 35.6 Å². The molecule has 2 N–H and O–H groups in total. The molecule has 6 heteroatoms. The molecule has 35 heavy (non-hydrogen) atoms. The minimum atomic E-state index is -0.319. The lowest BCUT2D eigenvalue weighted by Gasteiger charge is -2.20. The second-order valence-electron chi connectivity index (χ2n) is 9.52. The molecule has 0 radical (unpaired) electrons. The van der Waals surface area contributed by atoms with E-state index in [4.69, 9.17) is 0 Å². The summed E-state index contributed by atoms with van der Waals surface area (Å²) in [7, 11) is 0. The normalized spacial score (nSPS) is 11.2. The van der Waals surface area contributed by atoms with Crippen LogP contribution < -0.4 is 10.6 Å². The van der Waals surface area contributed by atoms with Crippen LogP contribution in [0, 0.1) is 0 Å². The molecule has 1 heterocycles. The number of benzene rings is 3. The van der Waals surface area contributed by atoms with Gasteiger partial charge >= 0.3 is 0 Å². The highest BCUT2D eigenvalue weighted by Gasteiger charge is 2.16. The number of carbonyl (C=O) groups is 2. The van der Waals surface area contributed by atoms with Crippen LogP contribution in [0.1, 0.15) is 52.6 Å². The molecule has 2 amide bonds. The summed E-state index contributed by atoms with van der Waals surface area (Å²) in [5, 5.41) is 10.2. The van der Waals surface area contributed by atoms with Gasteiger partial charge < -0.3 is 10.6 Å². The summed E-state index contributed by atoms with van der Waals surface area (Å²) in [6.45, 7) is 6.92. The third-order valence-corrected chi connectivity index (χ3v) is 5.52. The Morgan fingerprint density at radius 2 is 1.49 bits per heavy atom. The van der Waals surface area contributed by atoms with Crippen molar-refractivity contribution in [3.63, 3.8) is 0 Å². The van der Waals surface area contributed by atoms with Crippen LogP contribution in [0.2, 0.25) is 0 Å². The van der Waals surface area contributed by atoms with Crippen molar-refractivity contribution in [1.82, 2.24) is 20.4 Å². The second-order valence-corrected chi connectivity index (χ2v) is 9.52. The third kappa shape index (κ3) is 6.44. The summed E-state index contributed by atoms with van der Waals surface area (Å²) < 4.78 is 1.89. The van der Waals surface area contributed by atoms with E-state index in [0.717, 1.165) is 23.2 Å². The lowest BCUT2D eigenvalue weighted by Crippen LogP contribution is -2.40. The highest BCUT2D eigenvalue weighted by atomic mass is 16.2. The van der Waals surface area contributed by atoms with E-state index in [1.165, 1.54) is 5.56 Å². The van der Waals surface area contributed by atoms with Crippen LogP contribution >= 0.6 is 0 Å². The second kappa shape index (κ2) is 10.4. The average Bonchev–Trinajstić information content (AvgIpc) is 3.35. The largest absolute Gasteiger partial charge is 0.348 e. The predicted octanol–water partition coefficient (Wildman–Crippen LogP) is 5.06. The van der Waals surface area contributed by atoms with E-state index in [1.54, 1.807) is 30.5 Å². The van der Waals surface area contributed by atoms with Gasteiger partial charge in [-0.1, -0.05) is 48.5 Å². The number of carbonyl (C=O) groups excluding carboxylic acids is 2. The number of nitrogens with zero attached hydrogens (tertiary/aromatic N) is 2. The first-order valence-electron chi connectivity index (χ1n) is 11.6. The predicted molar refractivity (Wildman–Crippen MR) is 138 cm³/mol. The molecule has 0 spiro atoms. The topological polar surface area (TPSA) is 76.0 Å². The molecule has 3 aromatic carbocycles. The molecule has 178 valence electrons. The van der Waals surface area contributed by atoms with Crippen LogP contribution in [0.4, 0.5) is 0 Å². The summed E-state index contributed by atoms with van der Waals surface area (Å²) in [4.78, 5) is 25.1. The van der Waals surface area contributed by atoms with Crippen molar-refractivity contribution in [3.05, 3.63) is 114 Å². The molecule has 0 saturated heterocycles. The molecule has 4 rings (SSSR count). The Morgan fingerprint density at radius 1 is 0.829 bits per heavy atom. The van der Waals surface area contributed by atoms with E-state index in [9.17, 15) is 9.59 Å². The first kappa shape index (κ1) is 24.0. The smallest absolute Gasteiger partial charge is 0.251 e. The summed E-state index contributed by atoms with van der Waals surface area (Å²) in [6, 6.07) is 25.1. The maximum Gasteiger partial charge on any atom is 0.251 e. The monoisotopic (exact) mass is 466 g/mol. The molecule has 6 nitrogen and oxygen atoms in total. The van der Waals surface area contributed by atoms with E-state index >= 15 is 0 Å². The lowest BCUT2D eigenvalue weighted by molar-refractivity contribution is 0.0915. The minimum absolute atomic E-state index is 0.158. The molecule has 0 fully saturated rings. The van der Waals surface area contributed by atoms with E-state index in [2.05, 4.69) is 46.1 Å². The number of amides is 2. The maximum atomic E-state index is 12.8. The summed E-state index contributed by atoms with van der Waals surface area (Å²) in [5.74, 6) is -0.342. The fraction of sp³-hybridized carbons (Fsp3) is 0.207. The molecule has 0 aliphatic carbocycles. The molecule has 0 unspecified atom stereocenters. The van der Waals surface area contributed by atoms with Gasteiger partial charge in [-0.25, -0.2) is 0 Å². The summed E-state index contributed by atoms with van der Waals surface area (Å²) >= 11 is 0. The Bertz CT molecular complexity index is 1290. The van der Waals surface area contributed by atoms with Crippen molar-refractivity contribution in [2.24, 2.45) is 0 Å². The molecular weight excluding hydrogens is 436 g/mol. The highest BCUT2D eigenvalue weighted by Crippen LogP contribution is 2.24. The van der Waals surface area contributed by atoms with Gasteiger partial charge in [-0.15, -0.1) is 0 Å². The van der Waals surface area contributed by atoms with Gasteiger partial charge in [0.25, 0.3) is 11.8 Å². The Kier molecular flexibility index (Phi) is 7.11. The van der Waals surface area contributed by atoms with Gasteiger partial charge in [0.1, 0.15) is 0 Å². The number of rotatable bonds is 7. The van der Waals surface area contributed by atoms with Crippen molar-refractivity contribution >= 4 is 11.8 Å². The number of hydrogen-bond acceptors (Lipinski definition) is 3. The van der Waals surface area contributed by atoms with E-state index < -0.39 is 0 Å². The first-order chi connectivity index (χ1) is 16.8. The fourth-order valence-electron chi connectivity index (χ4n) is 3.79. The van der Waals surface area contributed by atoms with Crippen LogP contribution in [-0.2, 0) is 13.1 Å². The maximum absolute atomic E-state index is 12.8. The zero-order valence-electron chi connectivity index (χ0n) is 20.3. The van der Waals surface area contributed by atoms with Crippen LogP contribution in [0.3, 0.4) is 0 Å². The standard InChI is InChI=1S/C29H30N4O2/c1-29(2,3)32-28(35)24-15-13-23(14-16-24)27(34)30-19-25-7-4-5-8-26(25)22-11-9-21(10-12-22)20-33-18-6-17-31-33/h4-18H,19-20H2,1-3H3,(H,30,34)(H,32,35). The van der Waals surface area contributed by atoms with Gasteiger partial charge in [-0.2, -0.15) is 5.10 Å². The molecule has 0 bridgehead atoms. The van der Waals surface area contributed by atoms with Crippen LogP contribution in [0.5, 0.6) is 0 Å². The zero-order chi connectivity index (χ0) is 24.8. The van der Waals surface area contributed by atoms with Gasteiger partial charge in [0.15, 0.2) is 0 Å². The van der Waals surface area contributed by atoms with E-state index in [1.807, 2.05) is 55.9 Å². The van der Waals surface area contributed by atoms with Crippen LogP contribution in [-0.4, -0.2) is 27.1 Å². The number of aromatic nitrogens is 2. The van der Waals surface area contributed by atoms with Gasteiger partial charge in [0.05, 0.1) is 6.54 Å². The Balaban J connectivity index is 1.41. The summed E-state index contributed by atoms with van der Waals surface area (Å²) in [5.41, 5.74) is 5.09. The van der Waals surface area contributed by atoms with Crippen molar-refractivity contribution in [3.8, 4) is 11.1 Å². The molecule has 0 atom stereocenters. The molecule has 0 saturated carbocycles. The van der Waals surface area contributed by atoms with Crippen molar-refractivity contribution < 1.29 is 9.59 Å². The first-order valence-corrected chi connectivity index (χ1v) is 11.6. The van der Waals surface area contributed by atoms with Gasteiger partial charge in [-0.05, 0) is 73.4 Å². The lowest BCUT2D eigenvalue weighted by atomic mass is 9.98. The third-order valence-electron chi connectivity index (χ3n) is 5.52. The molecule has 0 aliphatic rings. The Labute approximate surface area is 206 Å². The van der Waals surface area contributed by atoms with Crippen molar-refractivity contribution in [1.29, 1.82) is 0 Å². The number of nitrogens with one attached hydrogen (secondary N) is 2. The van der Waals surface area contributed by atoms with E-state index in [-0.39, 0.29) is 17.4 Å². The highest BCUT2D eigenvalue weighted by molar-refractivity contribution is 5.98. The van der Waals surface area contributed by atoms with Crippen LogP contribution in [0.25, 0.3) is 11.1 Å². The zero-order valence-corrected chi connectivity index (χ0v) is 20.3. The Morgan fingerprint density at radius 3 is 2.11 bits per heavy atom. The fourth-order valence-corrected chi connectivity index (χ4v) is 3.79. The molecule has 1 aromatic heterocycles. The van der Waals surface area contributed by atoms with Gasteiger partial charge in [0.2, 0.25) is 0 Å².